The number of carboxylic acid groups (broad SMARTS) is 2. The number of hydrogen-bond acceptors (Lipinski definition) is 7. The van der Waals surface area contributed by atoms with Gasteiger partial charge in [-0.3, -0.25) is 24.5 Å². The number of carbonyl (C=O) groups is 4. The lowest BCUT2D eigenvalue weighted by Gasteiger charge is -2.36. The maximum atomic E-state index is 13.3. The van der Waals surface area contributed by atoms with E-state index in [0.29, 0.717) is 18.6 Å². The topological polar surface area (TPSA) is 145 Å². The van der Waals surface area contributed by atoms with Gasteiger partial charge in [-0.15, -0.1) is 0 Å². The van der Waals surface area contributed by atoms with Gasteiger partial charge in [-0.1, -0.05) is 27.7 Å². The van der Waals surface area contributed by atoms with E-state index in [2.05, 4.69) is 16.0 Å². The molecule has 0 aromatic rings. The second-order valence-electron chi connectivity index (χ2n) is 7.70. The zero-order valence-electron chi connectivity index (χ0n) is 19.5. The molecule has 0 spiro atoms. The van der Waals surface area contributed by atoms with Crippen LogP contribution >= 0.6 is 11.8 Å². The lowest BCUT2D eigenvalue weighted by Crippen LogP contribution is -2.63. The molecule has 3 unspecified atom stereocenters. The third kappa shape index (κ3) is 9.16. The summed E-state index contributed by atoms with van der Waals surface area (Å²) in [5.41, 5.74) is -1.11. The molecule has 5 N–H and O–H groups in total. The Kier molecular flexibility index (Phi) is 13.7. The fraction of sp³-hybridized carbons (Fsp3) is 0.810. The maximum Gasteiger partial charge on any atom is 0.321 e. The highest BCUT2D eigenvalue weighted by Gasteiger charge is 2.41. The summed E-state index contributed by atoms with van der Waals surface area (Å²) in [6.45, 7) is 9.02. The van der Waals surface area contributed by atoms with Crippen molar-refractivity contribution in [2.75, 3.05) is 12.0 Å². The summed E-state index contributed by atoms with van der Waals surface area (Å²) in [5.74, 6) is -2.74. The van der Waals surface area contributed by atoms with Gasteiger partial charge in [0.1, 0.15) is 6.04 Å². The standard InChI is InChI=1S/C21H39N3O6S/c1-7-14(8-2)23-15(11-17(25)26)19(28)22-13(5)18(27)21(9-3,10-4)24-16(12-31-6)20(29)30/h13-16,23-24H,7-12H2,1-6H3,(H,22,28)(H,25,26)(H,29,30). The van der Waals surface area contributed by atoms with Gasteiger partial charge in [0.25, 0.3) is 0 Å². The van der Waals surface area contributed by atoms with Gasteiger partial charge >= 0.3 is 11.9 Å². The SMILES string of the molecule is CCC(CC)NC(CC(=O)O)C(=O)NC(C)C(=O)C(CC)(CC)NC(CSC)C(=O)O. The van der Waals surface area contributed by atoms with Crippen LogP contribution in [-0.4, -0.2) is 75.6 Å². The number of carboxylic acids is 2. The van der Waals surface area contributed by atoms with Crippen LogP contribution < -0.4 is 16.0 Å². The minimum absolute atomic E-state index is 0.0176. The zero-order chi connectivity index (χ0) is 24.2. The highest BCUT2D eigenvalue weighted by Crippen LogP contribution is 2.21. The van der Waals surface area contributed by atoms with Crippen LogP contribution in [0.1, 0.15) is 66.7 Å². The predicted molar refractivity (Wildman–Crippen MR) is 122 cm³/mol. The minimum atomic E-state index is -1.11. The summed E-state index contributed by atoms with van der Waals surface area (Å²) in [5, 5.41) is 27.4. The van der Waals surface area contributed by atoms with Crippen LogP contribution in [0.2, 0.25) is 0 Å². The van der Waals surface area contributed by atoms with Gasteiger partial charge in [-0.2, -0.15) is 11.8 Å². The van der Waals surface area contributed by atoms with Crippen LogP contribution in [0.15, 0.2) is 0 Å². The van der Waals surface area contributed by atoms with Crippen LogP contribution in [0.25, 0.3) is 0 Å². The van der Waals surface area contributed by atoms with Gasteiger partial charge in [0, 0.05) is 11.8 Å². The first-order chi connectivity index (χ1) is 14.5. The van der Waals surface area contributed by atoms with E-state index in [1.54, 1.807) is 27.0 Å². The summed E-state index contributed by atoms with van der Waals surface area (Å²) in [6.07, 6.45) is 3.56. The molecule has 1 amide bonds. The van der Waals surface area contributed by atoms with Crippen molar-refractivity contribution in [1.82, 2.24) is 16.0 Å². The molecule has 0 heterocycles. The summed E-state index contributed by atoms with van der Waals surface area (Å²) < 4.78 is 0. The van der Waals surface area contributed by atoms with Crippen LogP contribution in [0.5, 0.6) is 0 Å². The van der Waals surface area contributed by atoms with E-state index in [0.717, 1.165) is 12.8 Å². The highest BCUT2D eigenvalue weighted by molar-refractivity contribution is 7.98. The molecule has 0 rings (SSSR count). The van der Waals surface area contributed by atoms with Crippen LogP contribution in [-0.2, 0) is 19.2 Å². The maximum absolute atomic E-state index is 13.3. The largest absolute Gasteiger partial charge is 0.481 e. The molecule has 0 radical (unpaired) electrons. The molecule has 0 aromatic carbocycles. The third-order valence-electron chi connectivity index (χ3n) is 5.63. The van der Waals surface area contributed by atoms with E-state index in [4.69, 9.17) is 0 Å². The van der Waals surface area contributed by atoms with Crippen molar-refractivity contribution in [3.05, 3.63) is 0 Å². The van der Waals surface area contributed by atoms with Crippen molar-refractivity contribution < 1.29 is 29.4 Å². The van der Waals surface area contributed by atoms with Gasteiger partial charge in [0.15, 0.2) is 5.78 Å². The van der Waals surface area contributed by atoms with E-state index in [1.807, 2.05) is 13.8 Å². The Hall–Kier alpha value is -1.65. The number of hydrogen-bond donors (Lipinski definition) is 5. The Morgan fingerprint density at radius 3 is 1.90 bits per heavy atom. The molecule has 9 nitrogen and oxygen atoms in total. The van der Waals surface area contributed by atoms with E-state index < -0.39 is 47.9 Å². The van der Waals surface area contributed by atoms with Crippen LogP contribution in [0, 0.1) is 0 Å². The molecule has 10 heteroatoms. The molecule has 31 heavy (non-hydrogen) atoms. The smallest absolute Gasteiger partial charge is 0.321 e. The number of ketones is 1. The van der Waals surface area contributed by atoms with Gasteiger partial charge < -0.3 is 20.8 Å². The summed E-state index contributed by atoms with van der Waals surface area (Å²) in [6, 6.07) is -2.80. The molecule has 0 bridgehead atoms. The number of Topliss-reactive ketones (excluding diaryl/α,β-unsaturated/α-hetero) is 1. The summed E-state index contributed by atoms with van der Waals surface area (Å²) in [7, 11) is 0. The molecule has 0 aliphatic carbocycles. The molecule has 0 saturated carbocycles. The average Bonchev–Trinajstić information content (AvgIpc) is 2.73. The lowest BCUT2D eigenvalue weighted by atomic mass is 9.83. The Morgan fingerprint density at radius 2 is 1.52 bits per heavy atom. The molecule has 0 aromatic heterocycles. The molecule has 0 fully saturated rings. The van der Waals surface area contributed by atoms with Crippen molar-refractivity contribution >= 4 is 35.4 Å². The first-order valence-electron chi connectivity index (χ1n) is 10.8. The second kappa shape index (κ2) is 14.4. The fourth-order valence-corrected chi connectivity index (χ4v) is 4.11. The minimum Gasteiger partial charge on any atom is -0.481 e. The number of nitrogens with one attached hydrogen (secondary N) is 3. The average molecular weight is 462 g/mol. The van der Waals surface area contributed by atoms with Crippen LogP contribution in [0.3, 0.4) is 0 Å². The molecule has 3 atom stereocenters. The van der Waals surface area contributed by atoms with Crippen LogP contribution in [0.4, 0.5) is 0 Å². The molecule has 0 aliphatic heterocycles. The number of thioether (sulfide) groups is 1. The highest BCUT2D eigenvalue weighted by atomic mass is 32.2. The first-order valence-corrected chi connectivity index (χ1v) is 12.2. The number of aliphatic carboxylic acids is 2. The quantitative estimate of drug-likeness (QED) is 0.218. The Morgan fingerprint density at radius 1 is 0.968 bits per heavy atom. The van der Waals surface area contributed by atoms with Crippen molar-refractivity contribution in [1.29, 1.82) is 0 Å². The first kappa shape index (κ1) is 29.4. The van der Waals surface area contributed by atoms with Crippen molar-refractivity contribution in [2.45, 2.75) is 96.4 Å². The Balaban J connectivity index is 5.53. The number of rotatable bonds is 17. The summed E-state index contributed by atoms with van der Waals surface area (Å²) in [4.78, 5) is 48.9. The fourth-order valence-electron chi connectivity index (χ4n) is 3.55. The van der Waals surface area contributed by atoms with E-state index in [9.17, 15) is 29.4 Å². The van der Waals surface area contributed by atoms with E-state index in [-0.39, 0.29) is 11.8 Å². The number of amides is 1. The Bertz CT molecular complexity index is 608. The van der Waals surface area contributed by atoms with Crippen molar-refractivity contribution in [2.24, 2.45) is 0 Å². The molecular formula is C21H39N3O6S. The third-order valence-corrected chi connectivity index (χ3v) is 6.30. The zero-order valence-corrected chi connectivity index (χ0v) is 20.3. The van der Waals surface area contributed by atoms with Crippen molar-refractivity contribution in [3.63, 3.8) is 0 Å². The van der Waals surface area contributed by atoms with Gasteiger partial charge in [0.2, 0.25) is 5.91 Å². The molecule has 180 valence electrons. The van der Waals surface area contributed by atoms with E-state index in [1.165, 1.54) is 11.8 Å². The molecule has 0 saturated heterocycles. The van der Waals surface area contributed by atoms with Crippen molar-refractivity contribution in [3.8, 4) is 0 Å². The van der Waals surface area contributed by atoms with Gasteiger partial charge in [-0.05, 0) is 38.9 Å². The monoisotopic (exact) mass is 461 g/mol. The lowest BCUT2D eigenvalue weighted by molar-refractivity contribution is -0.141. The molecule has 0 aliphatic rings. The van der Waals surface area contributed by atoms with E-state index >= 15 is 0 Å². The number of carbonyl (C=O) groups excluding carboxylic acids is 2. The summed E-state index contributed by atoms with van der Waals surface area (Å²) >= 11 is 1.36. The van der Waals surface area contributed by atoms with Gasteiger partial charge in [0.05, 0.1) is 24.0 Å². The normalized spacial score (nSPS) is 14.7. The second-order valence-corrected chi connectivity index (χ2v) is 8.62. The predicted octanol–water partition coefficient (Wildman–Crippen LogP) is 1.65. The Labute approximate surface area is 189 Å². The van der Waals surface area contributed by atoms with Gasteiger partial charge in [-0.25, -0.2) is 0 Å². The molecular weight excluding hydrogens is 422 g/mol.